The standard InChI is InChI=1S/C13H9BrN4O2/c1-17(11-5-3-2-4-9(11)6-15)13-10(14)7-16-8-12(13)18(19)20/h2-5,7-8H,1H3. The van der Waals surface area contributed by atoms with Gasteiger partial charge in [0.15, 0.2) is 0 Å². The van der Waals surface area contributed by atoms with Crippen molar-refractivity contribution in [1.82, 2.24) is 4.98 Å². The van der Waals surface area contributed by atoms with E-state index in [1.54, 1.807) is 36.2 Å². The van der Waals surface area contributed by atoms with Crippen LogP contribution in [0.5, 0.6) is 0 Å². The number of rotatable bonds is 3. The van der Waals surface area contributed by atoms with Crippen molar-refractivity contribution >= 4 is 33.0 Å². The van der Waals surface area contributed by atoms with Crippen molar-refractivity contribution in [3.05, 3.63) is 56.8 Å². The fraction of sp³-hybridized carbons (Fsp3) is 0.0769. The molecule has 0 N–H and O–H groups in total. The number of nitrogens with zero attached hydrogens (tertiary/aromatic N) is 4. The molecule has 0 spiro atoms. The van der Waals surface area contributed by atoms with Crippen LogP contribution in [0.3, 0.4) is 0 Å². The number of nitro groups is 1. The molecular weight excluding hydrogens is 324 g/mol. The third-order valence-corrected chi connectivity index (χ3v) is 3.35. The molecule has 0 aliphatic heterocycles. The molecule has 1 heterocycles. The Morgan fingerprint density at radius 1 is 1.40 bits per heavy atom. The van der Waals surface area contributed by atoms with E-state index < -0.39 is 4.92 Å². The quantitative estimate of drug-likeness (QED) is 0.635. The van der Waals surface area contributed by atoms with Crippen LogP contribution < -0.4 is 4.90 Å². The molecular formula is C13H9BrN4O2. The van der Waals surface area contributed by atoms with E-state index in [0.717, 1.165) is 0 Å². The zero-order chi connectivity index (χ0) is 14.7. The van der Waals surface area contributed by atoms with Gasteiger partial charge in [-0.15, -0.1) is 0 Å². The summed E-state index contributed by atoms with van der Waals surface area (Å²) in [6.45, 7) is 0. The van der Waals surface area contributed by atoms with Crippen molar-refractivity contribution in [3.63, 3.8) is 0 Å². The van der Waals surface area contributed by atoms with Gasteiger partial charge in [-0.25, -0.2) is 0 Å². The van der Waals surface area contributed by atoms with E-state index in [1.165, 1.54) is 12.4 Å². The summed E-state index contributed by atoms with van der Waals surface area (Å²) in [5, 5.41) is 20.2. The number of hydrogen-bond donors (Lipinski definition) is 0. The van der Waals surface area contributed by atoms with Crippen LogP contribution in [0, 0.1) is 21.4 Å². The first-order chi connectivity index (χ1) is 9.56. The molecule has 0 aliphatic carbocycles. The highest BCUT2D eigenvalue weighted by atomic mass is 79.9. The molecule has 7 heteroatoms. The summed E-state index contributed by atoms with van der Waals surface area (Å²) in [5.74, 6) is 0. The number of nitriles is 1. The van der Waals surface area contributed by atoms with Crippen LogP contribution in [-0.4, -0.2) is 17.0 Å². The molecule has 0 amide bonds. The van der Waals surface area contributed by atoms with Gasteiger partial charge in [0.05, 0.1) is 20.6 Å². The fourth-order valence-electron chi connectivity index (χ4n) is 1.86. The number of hydrogen-bond acceptors (Lipinski definition) is 5. The molecule has 100 valence electrons. The van der Waals surface area contributed by atoms with E-state index in [-0.39, 0.29) is 5.69 Å². The first-order valence-corrected chi connectivity index (χ1v) is 6.36. The number of para-hydroxylation sites is 1. The lowest BCUT2D eigenvalue weighted by Gasteiger charge is -2.21. The van der Waals surface area contributed by atoms with Crippen LogP contribution in [-0.2, 0) is 0 Å². The molecule has 1 aromatic heterocycles. The maximum atomic E-state index is 11.1. The molecule has 2 rings (SSSR count). The maximum absolute atomic E-state index is 11.1. The first kappa shape index (κ1) is 14.0. The molecule has 0 radical (unpaired) electrons. The van der Waals surface area contributed by atoms with Gasteiger partial charge in [0.2, 0.25) is 0 Å². The predicted octanol–water partition coefficient (Wildman–Crippen LogP) is 3.39. The van der Waals surface area contributed by atoms with Gasteiger partial charge >= 0.3 is 5.69 Å². The third kappa shape index (κ3) is 2.46. The number of anilines is 2. The maximum Gasteiger partial charge on any atom is 0.312 e. The molecule has 2 aromatic rings. The highest BCUT2D eigenvalue weighted by Gasteiger charge is 2.23. The lowest BCUT2D eigenvalue weighted by molar-refractivity contribution is -0.384. The van der Waals surface area contributed by atoms with Crippen molar-refractivity contribution in [2.24, 2.45) is 0 Å². The Morgan fingerprint density at radius 2 is 2.10 bits per heavy atom. The zero-order valence-corrected chi connectivity index (χ0v) is 12.0. The van der Waals surface area contributed by atoms with Gasteiger partial charge in [0, 0.05) is 13.2 Å². The lowest BCUT2D eigenvalue weighted by atomic mass is 10.1. The Bertz CT molecular complexity index is 712. The topological polar surface area (TPSA) is 83.1 Å². The highest BCUT2D eigenvalue weighted by molar-refractivity contribution is 9.10. The summed E-state index contributed by atoms with van der Waals surface area (Å²) in [6.07, 6.45) is 2.67. The van der Waals surface area contributed by atoms with Gasteiger partial charge in [0.1, 0.15) is 18.0 Å². The summed E-state index contributed by atoms with van der Waals surface area (Å²) < 4.78 is 0.488. The summed E-state index contributed by atoms with van der Waals surface area (Å²) in [4.78, 5) is 16.0. The van der Waals surface area contributed by atoms with Gasteiger partial charge in [-0.1, -0.05) is 12.1 Å². The molecule has 0 unspecified atom stereocenters. The van der Waals surface area contributed by atoms with E-state index in [4.69, 9.17) is 5.26 Å². The summed E-state index contributed by atoms with van der Waals surface area (Å²) in [7, 11) is 1.67. The Hall–Kier alpha value is -2.46. The minimum absolute atomic E-state index is 0.130. The van der Waals surface area contributed by atoms with Crippen molar-refractivity contribution in [2.75, 3.05) is 11.9 Å². The Balaban J connectivity index is 2.63. The molecule has 0 aliphatic rings. The average molecular weight is 333 g/mol. The summed E-state index contributed by atoms with van der Waals surface area (Å²) in [6, 6.07) is 8.98. The monoisotopic (exact) mass is 332 g/mol. The zero-order valence-electron chi connectivity index (χ0n) is 10.4. The average Bonchev–Trinajstić information content (AvgIpc) is 2.46. The second-order valence-electron chi connectivity index (χ2n) is 3.93. The Kier molecular flexibility index (Phi) is 3.96. The van der Waals surface area contributed by atoms with E-state index in [2.05, 4.69) is 27.0 Å². The molecule has 0 fully saturated rings. The molecule has 0 bridgehead atoms. The molecule has 20 heavy (non-hydrogen) atoms. The molecule has 0 saturated carbocycles. The molecule has 1 aromatic carbocycles. The van der Waals surface area contributed by atoms with Crippen LogP contribution in [0.25, 0.3) is 0 Å². The van der Waals surface area contributed by atoms with E-state index in [1.807, 2.05) is 0 Å². The molecule has 6 nitrogen and oxygen atoms in total. The van der Waals surface area contributed by atoms with Crippen LogP contribution >= 0.6 is 15.9 Å². The van der Waals surface area contributed by atoms with Gasteiger partial charge in [-0.3, -0.25) is 15.1 Å². The van der Waals surface area contributed by atoms with Gasteiger partial charge in [0.25, 0.3) is 0 Å². The number of benzene rings is 1. The Labute approximate surface area is 123 Å². The van der Waals surface area contributed by atoms with Crippen molar-refractivity contribution in [1.29, 1.82) is 5.26 Å². The van der Waals surface area contributed by atoms with Crippen LogP contribution in [0.1, 0.15) is 5.56 Å². The Morgan fingerprint density at radius 3 is 2.75 bits per heavy atom. The number of aromatic nitrogens is 1. The van der Waals surface area contributed by atoms with Crippen LogP contribution in [0.2, 0.25) is 0 Å². The van der Waals surface area contributed by atoms with Crippen LogP contribution in [0.4, 0.5) is 17.1 Å². The minimum atomic E-state index is -0.501. The first-order valence-electron chi connectivity index (χ1n) is 5.57. The third-order valence-electron chi connectivity index (χ3n) is 2.77. The van der Waals surface area contributed by atoms with Crippen molar-refractivity contribution in [2.45, 2.75) is 0 Å². The van der Waals surface area contributed by atoms with E-state index >= 15 is 0 Å². The van der Waals surface area contributed by atoms with Gasteiger partial charge in [-0.05, 0) is 28.1 Å². The normalized spacial score (nSPS) is 9.85. The van der Waals surface area contributed by atoms with Crippen molar-refractivity contribution in [3.8, 4) is 6.07 Å². The highest BCUT2D eigenvalue weighted by Crippen LogP contribution is 2.38. The number of pyridine rings is 1. The minimum Gasteiger partial charge on any atom is -0.337 e. The predicted molar refractivity (Wildman–Crippen MR) is 77.8 cm³/mol. The SMILES string of the molecule is CN(c1ccccc1C#N)c1c(Br)cncc1[N+](=O)[O-]. The number of halogens is 1. The summed E-state index contributed by atoms with van der Waals surface area (Å²) >= 11 is 3.27. The van der Waals surface area contributed by atoms with Crippen LogP contribution in [0.15, 0.2) is 41.1 Å². The fourth-order valence-corrected chi connectivity index (χ4v) is 2.45. The molecule has 0 saturated heterocycles. The second kappa shape index (κ2) is 5.67. The van der Waals surface area contributed by atoms with E-state index in [9.17, 15) is 10.1 Å². The lowest BCUT2D eigenvalue weighted by Crippen LogP contribution is -2.13. The second-order valence-corrected chi connectivity index (χ2v) is 4.79. The van der Waals surface area contributed by atoms with Gasteiger partial charge < -0.3 is 4.90 Å². The summed E-state index contributed by atoms with van der Waals surface area (Å²) in [5.41, 5.74) is 1.25. The van der Waals surface area contributed by atoms with Gasteiger partial charge in [-0.2, -0.15) is 5.26 Å². The smallest absolute Gasteiger partial charge is 0.312 e. The molecule has 0 atom stereocenters. The van der Waals surface area contributed by atoms with E-state index in [0.29, 0.717) is 21.4 Å². The largest absolute Gasteiger partial charge is 0.337 e. The van der Waals surface area contributed by atoms with Crippen molar-refractivity contribution < 1.29 is 4.92 Å².